The van der Waals surface area contributed by atoms with Crippen LogP contribution < -0.4 is 11.1 Å². The first-order valence-corrected chi connectivity index (χ1v) is 3.82. The molecule has 3 N–H and O–H groups in total. The summed E-state index contributed by atoms with van der Waals surface area (Å²) in [6, 6.07) is 0.630. The number of urea groups is 1. The highest BCUT2D eigenvalue weighted by atomic mass is 16.3. The van der Waals surface area contributed by atoms with Crippen LogP contribution in [0.4, 0.5) is 4.79 Å². The van der Waals surface area contributed by atoms with Crippen LogP contribution in [-0.4, -0.2) is 11.9 Å². The van der Waals surface area contributed by atoms with Crippen molar-refractivity contribution in [2.45, 2.75) is 13.3 Å². The zero-order valence-electron chi connectivity index (χ0n) is 7.16. The van der Waals surface area contributed by atoms with Crippen LogP contribution in [0.25, 0.3) is 0 Å². The SMILES string of the molecule is CCc1occc1C(=O)NC(N)=O. The van der Waals surface area contributed by atoms with Crippen LogP contribution in [0.2, 0.25) is 0 Å². The highest BCUT2D eigenvalue weighted by Crippen LogP contribution is 2.10. The normalized spacial score (nSPS) is 9.62. The largest absolute Gasteiger partial charge is 0.469 e. The molecule has 1 heterocycles. The minimum Gasteiger partial charge on any atom is -0.469 e. The Morgan fingerprint density at radius 3 is 2.85 bits per heavy atom. The number of amides is 3. The molecule has 0 aliphatic carbocycles. The molecule has 0 aliphatic heterocycles. The fourth-order valence-electron chi connectivity index (χ4n) is 0.996. The molecule has 70 valence electrons. The lowest BCUT2D eigenvalue weighted by Gasteiger charge is -1.98. The van der Waals surface area contributed by atoms with Crippen molar-refractivity contribution < 1.29 is 14.0 Å². The molecule has 1 aromatic rings. The van der Waals surface area contributed by atoms with Crippen LogP contribution in [0.5, 0.6) is 0 Å². The summed E-state index contributed by atoms with van der Waals surface area (Å²) in [5.74, 6) is 0.0110. The van der Waals surface area contributed by atoms with Gasteiger partial charge in [0.2, 0.25) is 0 Å². The Balaban J connectivity index is 2.82. The Hall–Kier alpha value is -1.78. The molecular weight excluding hydrogens is 172 g/mol. The molecule has 0 saturated heterocycles. The van der Waals surface area contributed by atoms with Crippen molar-refractivity contribution in [2.24, 2.45) is 5.73 Å². The van der Waals surface area contributed by atoms with Crippen molar-refractivity contribution in [3.05, 3.63) is 23.7 Å². The van der Waals surface area contributed by atoms with Crippen molar-refractivity contribution in [2.75, 3.05) is 0 Å². The summed E-state index contributed by atoms with van der Waals surface area (Å²) >= 11 is 0. The summed E-state index contributed by atoms with van der Waals surface area (Å²) in [7, 11) is 0. The number of carbonyl (C=O) groups excluding carboxylic acids is 2. The summed E-state index contributed by atoms with van der Waals surface area (Å²) in [6.45, 7) is 1.85. The van der Waals surface area contributed by atoms with Gasteiger partial charge in [-0.3, -0.25) is 10.1 Å². The van der Waals surface area contributed by atoms with Crippen molar-refractivity contribution in [1.82, 2.24) is 5.32 Å². The second-order valence-corrected chi connectivity index (χ2v) is 2.43. The summed E-state index contributed by atoms with van der Waals surface area (Å²) in [5.41, 5.74) is 5.14. The zero-order chi connectivity index (χ0) is 9.84. The molecule has 0 radical (unpaired) electrons. The zero-order valence-corrected chi connectivity index (χ0v) is 7.16. The first kappa shape index (κ1) is 9.31. The number of hydrogen-bond acceptors (Lipinski definition) is 3. The fraction of sp³-hybridized carbons (Fsp3) is 0.250. The third kappa shape index (κ3) is 2.08. The molecule has 0 atom stereocenters. The average Bonchev–Trinajstić information content (AvgIpc) is 2.49. The molecule has 5 nitrogen and oxygen atoms in total. The van der Waals surface area contributed by atoms with E-state index in [-0.39, 0.29) is 0 Å². The van der Waals surface area contributed by atoms with Gasteiger partial charge in [-0.2, -0.15) is 0 Å². The number of hydrogen-bond donors (Lipinski definition) is 2. The number of furan rings is 1. The maximum atomic E-state index is 11.2. The molecule has 0 fully saturated rings. The molecule has 3 amide bonds. The van der Waals surface area contributed by atoms with Gasteiger partial charge in [-0.15, -0.1) is 0 Å². The van der Waals surface area contributed by atoms with E-state index >= 15 is 0 Å². The predicted molar refractivity (Wildman–Crippen MR) is 45.1 cm³/mol. The van der Waals surface area contributed by atoms with Gasteiger partial charge in [0, 0.05) is 6.42 Å². The van der Waals surface area contributed by atoms with E-state index in [1.54, 1.807) is 0 Å². The van der Waals surface area contributed by atoms with E-state index in [4.69, 9.17) is 10.2 Å². The van der Waals surface area contributed by atoms with Gasteiger partial charge < -0.3 is 10.2 Å². The van der Waals surface area contributed by atoms with Gasteiger partial charge in [0.05, 0.1) is 11.8 Å². The first-order chi connectivity index (χ1) is 6.15. The third-order valence-corrected chi connectivity index (χ3v) is 1.55. The van der Waals surface area contributed by atoms with E-state index < -0.39 is 11.9 Å². The number of nitrogens with two attached hydrogens (primary N) is 1. The predicted octanol–water partition coefficient (Wildman–Crippen LogP) is 0.651. The lowest BCUT2D eigenvalue weighted by atomic mass is 10.2. The van der Waals surface area contributed by atoms with E-state index in [0.29, 0.717) is 17.7 Å². The van der Waals surface area contributed by atoms with Crippen LogP contribution in [0.3, 0.4) is 0 Å². The number of nitrogens with one attached hydrogen (secondary N) is 1. The summed E-state index contributed by atoms with van der Waals surface area (Å²) in [4.78, 5) is 21.6. The molecular formula is C8H10N2O3. The number of carbonyl (C=O) groups is 2. The van der Waals surface area contributed by atoms with Gasteiger partial charge >= 0.3 is 6.03 Å². The Bertz CT molecular complexity index is 330. The number of rotatable bonds is 2. The molecule has 0 aromatic carbocycles. The standard InChI is InChI=1S/C8H10N2O3/c1-2-6-5(3-4-13-6)7(11)10-8(9)12/h3-4H,2H2,1H3,(H3,9,10,11,12). The van der Waals surface area contributed by atoms with Crippen LogP contribution in [0.15, 0.2) is 16.7 Å². The van der Waals surface area contributed by atoms with Crippen LogP contribution >= 0.6 is 0 Å². The summed E-state index contributed by atoms with van der Waals surface area (Å²) < 4.78 is 5.00. The van der Waals surface area contributed by atoms with Crippen molar-refractivity contribution in [1.29, 1.82) is 0 Å². The van der Waals surface area contributed by atoms with E-state index in [1.165, 1.54) is 12.3 Å². The molecule has 0 unspecified atom stereocenters. The highest BCUT2D eigenvalue weighted by molar-refractivity contribution is 6.04. The average molecular weight is 182 g/mol. The molecule has 1 aromatic heterocycles. The van der Waals surface area contributed by atoms with Crippen molar-refractivity contribution in [3.8, 4) is 0 Å². The Morgan fingerprint density at radius 2 is 2.31 bits per heavy atom. The molecule has 1 rings (SSSR count). The quantitative estimate of drug-likeness (QED) is 0.704. The maximum Gasteiger partial charge on any atom is 0.319 e. The fourth-order valence-corrected chi connectivity index (χ4v) is 0.996. The number of primary amides is 1. The minimum atomic E-state index is -0.867. The summed E-state index contributed by atoms with van der Waals surface area (Å²) in [6.07, 6.45) is 1.99. The van der Waals surface area contributed by atoms with Gasteiger partial charge in [0.25, 0.3) is 5.91 Å². The van der Waals surface area contributed by atoms with E-state index in [1.807, 2.05) is 12.2 Å². The molecule has 0 bridgehead atoms. The molecule has 5 heteroatoms. The van der Waals surface area contributed by atoms with Gasteiger partial charge in [-0.25, -0.2) is 4.79 Å². The molecule has 13 heavy (non-hydrogen) atoms. The highest BCUT2D eigenvalue weighted by Gasteiger charge is 2.13. The second-order valence-electron chi connectivity index (χ2n) is 2.43. The van der Waals surface area contributed by atoms with Gasteiger partial charge in [0.1, 0.15) is 5.76 Å². The smallest absolute Gasteiger partial charge is 0.319 e. The van der Waals surface area contributed by atoms with Gasteiger partial charge in [0.15, 0.2) is 0 Å². The summed E-state index contributed by atoms with van der Waals surface area (Å²) in [5, 5.41) is 1.96. The van der Waals surface area contributed by atoms with Crippen LogP contribution in [0.1, 0.15) is 23.0 Å². The monoisotopic (exact) mass is 182 g/mol. The van der Waals surface area contributed by atoms with Crippen molar-refractivity contribution >= 4 is 11.9 Å². The minimum absolute atomic E-state index is 0.348. The molecule has 0 spiro atoms. The van der Waals surface area contributed by atoms with E-state index in [0.717, 1.165) is 0 Å². The Kier molecular flexibility index (Phi) is 2.69. The number of aryl methyl sites for hydroxylation is 1. The van der Waals surface area contributed by atoms with E-state index in [2.05, 4.69) is 0 Å². The van der Waals surface area contributed by atoms with E-state index in [9.17, 15) is 9.59 Å². The second kappa shape index (κ2) is 3.75. The third-order valence-electron chi connectivity index (χ3n) is 1.55. The maximum absolute atomic E-state index is 11.2. The van der Waals surface area contributed by atoms with Gasteiger partial charge in [-0.1, -0.05) is 6.92 Å². The van der Waals surface area contributed by atoms with Crippen LogP contribution in [-0.2, 0) is 6.42 Å². The van der Waals surface area contributed by atoms with Crippen LogP contribution in [0, 0.1) is 0 Å². The molecule has 0 saturated carbocycles. The Morgan fingerprint density at radius 1 is 1.62 bits per heavy atom. The van der Waals surface area contributed by atoms with Gasteiger partial charge in [-0.05, 0) is 6.07 Å². The topological polar surface area (TPSA) is 85.3 Å². The number of imide groups is 1. The lowest BCUT2D eigenvalue weighted by Crippen LogP contribution is -2.35. The Labute approximate surface area is 74.9 Å². The first-order valence-electron chi connectivity index (χ1n) is 3.82. The lowest BCUT2D eigenvalue weighted by molar-refractivity contribution is 0.0964. The van der Waals surface area contributed by atoms with Crippen molar-refractivity contribution in [3.63, 3.8) is 0 Å². The molecule has 0 aliphatic rings.